The highest BCUT2D eigenvalue weighted by Gasteiger charge is 2.37. The molecule has 0 bridgehead atoms. The zero-order chi connectivity index (χ0) is 26.7. The van der Waals surface area contributed by atoms with Gasteiger partial charge in [0.2, 0.25) is 0 Å². The van der Waals surface area contributed by atoms with Crippen molar-refractivity contribution in [3.8, 4) is 5.75 Å². The summed E-state index contributed by atoms with van der Waals surface area (Å²) in [6.07, 6.45) is 3.54. The SMILES string of the molecule is C=CCc1cc(/C=C2\C(=O)NC(=O)N(c3cc(C)cc(C)c3)C2=O)cc(Br)c1OCc1ccccc1F. The Morgan fingerprint density at radius 3 is 2.41 bits per heavy atom. The van der Waals surface area contributed by atoms with Crippen LogP contribution in [0, 0.1) is 19.7 Å². The predicted molar refractivity (Wildman–Crippen MR) is 144 cm³/mol. The van der Waals surface area contributed by atoms with Gasteiger partial charge < -0.3 is 4.74 Å². The quantitative estimate of drug-likeness (QED) is 0.212. The highest BCUT2D eigenvalue weighted by molar-refractivity contribution is 9.10. The molecule has 188 valence electrons. The average Bonchev–Trinajstić information content (AvgIpc) is 2.82. The number of aryl methyl sites for hydroxylation is 2. The van der Waals surface area contributed by atoms with Gasteiger partial charge in [-0.15, -0.1) is 6.58 Å². The first kappa shape index (κ1) is 26.0. The molecule has 1 N–H and O–H groups in total. The van der Waals surface area contributed by atoms with Crippen LogP contribution < -0.4 is 15.0 Å². The van der Waals surface area contributed by atoms with E-state index in [-0.39, 0.29) is 18.0 Å². The van der Waals surface area contributed by atoms with Gasteiger partial charge in [-0.3, -0.25) is 14.9 Å². The predicted octanol–water partition coefficient (Wildman–Crippen LogP) is 6.18. The first-order valence-electron chi connectivity index (χ1n) is 11.5. The van der Waals surface area contributed by atoms with Gasteiger partial charge in [-0.25, -0.2) is 14.1 Å². The van der Waals surface area contributed by atoms with Crippen LogP contribution in [0.3, 0.4) is 0 Å². The van der Waals surface area contributed by atoms with E-state index < -0.39 is 17.8 Å². The van der Waals surface area contributed by atoms with Gasteiger partial charge in [-0.05, 0) is 94.9 Å². The third-order valence-electron chi connectivity index (χ3n) is 5.71. The van der Waals surface area contributed by atoms with E-state index in [9.17, 15) is 18.8 Å². The maximum Gasteiger partial charge on any atom is 0.335 e. The molecule has 0 aromatic heterocycles. The molecule has 8 heteroatoms. The zero-order valence-corrected chi connectivity index (χ0v) is 21.9. The number of hydrogen-bond acceptors (Lipinski definition) is 4. The molecule has 0 unspecified atom stereocenters. The molecule has 3 aromatic carbocycles. The molecule has 0 atom stereocenters. The Labute approximate surface area is 222 Å². The van der Waals surface area contributed by atoms with Crippen LogP contribution in [0.5, 0.6) is 5.75 Å². The van der Waals surface area contributed by atoms with Gasteiger partial charge >= 0.3 is 6.03 Å². The summed E-state index contributed by atoms with van der Waals surface area (Å²) >= 11 is 3.50. The van der Waals surface area contributed by atoms with E-state index in [4.69, 9.17) is 4.74 Å². The third-order valence-corrected chi connectivity index (χ3v) is 6.30. The number of nitrogens with zero attached hydrogens (tertiary/aromatic N) is 1. The molecular weight excluding hydrogens is 539 g/mol. The third kappa shape index (κ3) is 5.70. The zero-order valence-electron chi connectivity index (χ0n) is 20.3. The van der Waals surface area contributed by atoms with Crippen LogP contribution in [-0.2, 0) is 22.6 Å². The van der Waals surface area contributed by atoms with Gasteiger partial charge in [0.05, 0.1) is 10.2 Å². The molecule has 4 rings (SSSR count). The van der Waals surface area contributed by atoms with E-state index in [1.807, 2.05) is 19.9 Å². The standard InChI is InChI=1S/C29H24BrFN2O4/c1-4-7-20-13-19(15-24(30)26(20)37-16-21-8-5-6-9-25(21)31)14-23-27(34)32-29(36)33(28(23)35)22-11-17(2)10-18(3)12-22/h4-6,8-15H,1,7,16H2,2-3H3,(H,32,34,36)/b23-14+. The molecule has 3 aromatic rings. The second-order valence-electron chi connectivity index (χ2n) is 8.67. The molecular formula is C29H24BrFN2O4. The minimum Gasteiger partial charge on any atom is -0.487 e. The maximum atomic E-state index is 14.1. The number of rotatable bonds is 7. The van der Waals surface area contributed by atoms with Crippen LogP contribution in [0.15, 0.2) is 77.3 Å². The van der Waals surface area contributed by atoms with Crippen LogP contribution in [0.25, 0.3) is 6.08 Å². The minimum atomic E-state index is -0.803. The first-order valence-corrected chi connectivity index (χ1v) is 12.3. The Hall–Kier alpha value is -4.04. The minimum absolute atomic E-state index is 0.0176. The number of ether oxygens (including phenoxy) is 1. The van der Waals surface area contributed by atoms with Crippen LogP contribution >= 0.6 is 15.9 Å². The smallest absolute Gasteiger partial charge is 0.335 e. The number of benzene rings is 3. The van der Waals surface area contributed by atoms with E-state index in [0.717, 1.165) is 21.6 Å². The van der Waals surface area contributed by atoms with Crippen molar-refractivity contribution < 1.29 is 23.5 Å². The number of urea groups is 1. The molecule has 0 spiro atoms. The number of anilines is 1. The molecule has 4 amide bonds. The Morgan fingerprint density at radius 1 is 1.03 bits per heavy atom. The molecule has 0 saturated carbocycles. The summed E-state index contributed by atoms with van der Waals surface area (Å²) in [5.74, 6) is -1.37. The molecule has 1 aliphatic rings. The van der Waals surface area contributed by atoms with Gasteiger partial charge in [0, 0.05) is 5.56 Å². The Balaban J connectivity index is 1.69. The first-order chi connectivity index (χ1) is 17.7. The van der Waals surface area contributed by atoms with E-state index in [1.54, 1.807) is 48.5 Å². The Morgan fingerprint density at radius 2 is 1.73 bits per heavy atom. The molecule has 1 aliphatic heterocycles. The fraction of sp³-hybridized carbons (Fsp3) is 0.138. The summed E-state index contributed by atoms with van der Waals surface area (Å²) < 4.78 is 20.5. The van der Waals surface area contributed by atoms with Gasteiger partial charge in [0.15, 0.2) is 0 Å². The van der Waals surface area contributed by atoms with E-state index in [1.165, 1.54) is 12.1 Å². The maximum absolute atomic E-state index is 14.1. The topological polar surface area (TPSA) is 75.7 Å². The summed E-state index contributed by atoms with van der Waals surface area (Å²) in [5, 5.41) is 2.25. The summed E-state index contributed by atoms with van der Waals surface area (Å²) in [5.41, 5.74) is 3.61. The lowest BCUT2D eigenvalue weighted by Crippen LogP contribution is -2.54. The fourth-order valence-corrected chi connectivity index (χ4v) is 4.76. The van der Waals surface area contributed by atoms with Crippen molar-refractivity contribution in [3.63, 3.8) is 0 Å². The van der Waals surface area contributed by atoms with Crippen molar-refractivity contribution in [2.24, 2.45) is 0 Å². The largest absolute Gasteiger partial charge is 0.487 e. The summed E-state index contributed by atoms with van der Waals surface area (Å²) in [7, 11) is 0. The Bertz CT molecular complexity index is 1440. The molecule has 1 fully saturated rings. The molecule has 1 saturated heterocycles. The molecule has 0 radical (unpaired) electrons. The van der Waals surface area contributed by atoms with Crippen molar-refractivity contribution in [3.05, 3.63) is 111 Å². The lowest BCUT2D eigenvalue weighted by molar-refractivity contribution is -0.122. The highest BCUT2D eigenvalue weighted by atomic mass is 79.9. The summed E-state index contributed by atoms with van der Waals surface area (Å²) in [6.45, 7) is 7.52. The number of carbonyl (C=O) groups is 3. The summed E-state index contributed by atoms with van der Waals surface area (Å²) in [4.78, 5) is 39.5. The van der Waals surface area contributed by atoms with Crippen molar-refractivity contribution in [1.82, 2.24) is 5.32 Å². The monoisotopic (exact) mass is 562 g/mol. The highest BCUT2D eigenvalue weighted by Crippen LogP contribution is 2.34. The Kier molecular flexibility index (Phi) is 7.69. The van der Waals surface area contributed by atoms with Gasteiger partial charge in [-0.2, -0.15) is 0 Å². The molecule has 0 aliphatic carbocycles. The van der Waals surface area contributed by atoms with Crippen molar-refractivity contribution >= 4 is 45.5 Å². The second kappa shape index (κ2) is 10.9. The number of hydrogen-bond donors (Lipinski definition) is 1. The number of halogens is 2. The lowest BCUT2D eigenvalue weighted by atomic mass is 10.0. The van der Waals surface area contributed by atoms with Crippen molar-refractivity contribution in [2.75, 3.05) is 4.90 Å². The van der Waals surface area contributed by atoms with E-state index in [0.29, 0.717) is 33.5 Å². The van der Waals surface area contributed by atoms with Crippen LogP contribution in [0.4, 0.5) is 14.9 Å². The number of nitrogens with one attached hydrogen (secondary N) is 1. The number of imide groups is 2. The van der Waals surface area contributed by atoms with E-state index in [2.05, 4.69) is 27.8 Å². The van der Waals surface area contributed by atoms with Crippen LogP contribution in [0.1, 0.15) is 27.8 Å². The van der Waals surface area contributed by atoms with Gasteiger partial charge in [-0.1, -0.05) is 30.3 Å². The van der Waals surface area contributed by atoms with E-state index >= 15 is 0 Å². The van der Waals surface area contributed by atoms with Crippen LogP contribution in [-0.4, -0.2) is 17.8 Å². The molecule has 6 nitrogen and oxygen atoms in total. The molecule has 37 heavy (non-hydrogen) atoms. The van der Waals surface area contributed by atoms with Gasteiger partial charge in [0.25, 0.3) is 11.8 Å². The van der Waals surface area contributed by atoms with Gasteiger partial charge in [0.1, 0.15) is 23.7 Å². The second-order valence-corrected chi connectivity index (χ2v) is 9.52. The van der Waals surface area contributed by atoms with Crippen molar-refractivity contribution in [1.29, 1.82) is 0 Å². The number of amides is 4. The number of carbonyl (C=O) groups excluding carboxylic acids is 3. The number of barbiturate groups is 1. The molecule has 1 heterocycles. The average molecular weight is 563 g/mol. The van der Waals surface area contributed by atoms with Crippen LogP contribution in [0.2, 0.25) is 0 Å². The number of allylic oxidation sites excluding steroid dienone is 1. The lowest BCUT2D eigenvalue weighted by Gasteiger charge is -2.27. The normalized spacial score (nSPS) is 14.6. The van der Waals surface area contributed by atoms with Crippen molar-refractivity contribution in [2.45, 2.75) is 26.9 Å². The fourth-order valence-electron chi connectivity index (χ4n) is 4.13. The summed E-state index contributed by atoms with van der Waals surface area (Å²) in [6, 6.07) is 14.3.